The summed E-state index contributed by atoms with van der Waals surface area (Å²) in [6.07, 6.45) is 5.36. The van der Waals surface area contributed by atoms with Gasteiger partial charge in [-0.15, -0.1) is 0 Å². The standard InChI is InChI=1S/C25H33N3O/c1-8-13-28-23-15-24(29-7)19(14-22(23)18(2)16-25(28,3)4)17-26-20-9-11-21(12-10-20)27(5)6/h9-12,14-17H,8,13H2,1-7H3. The van der Waals surface area contributed by atoms with Crippen LogP contribution in [0, 0.1) is 0 Å². The van der Waals surface area contributed by atoms with Gasteiger partial charge in [-0.2, -0.15) is 0 Å². The van der Waals surface area contributed by atoms with Gasteiger partial charge in [0, 0.05) is 55.4 Å². The molecular weight excluding hydrogens is 358 g/mol. The van der Waals surface area contributed by atoms with E-state index in [2.05, 4.69) is 72.8 Å². The second-order valence-corrected chi connectivity index (χ2v) is 8.41. The average molecular weight is 392 g/mol. The Morgan fingerprint density at radius 2 is 1.83 bits per heavy atom. The Balaban J connectivity index is 2.00. The van der Waals surface area contributed by atoms with Crippen molar-refractivity contribution >= 4 is 28.8 Å². The predicted octanol–water partition coefficient (Wildman–Crippen LogP) is 5.92. The minimum atomic E-state index is -0.0120. The molecule has 0 atom stereocenters. The van der Waals surface area contributed by atoms with Crippen LogP contribution in [0.1, 0.15) is 45.2 Å². The lowest BCUT2D eigenvalue weighted by Crippen LogP contribution is -2.45. The molecule has 154 valence electrons. The Labute approximate surface area is 175 Å². The summed E-state index contributed by atoms with van der Waals surface area (Å²) in [6.45, 7) is 9.97. The number of ether oxygens (including phenoxy) is 1. The van der Waals surface area contributed by atoms with Crippen LogP contribution in [0.25, 0.3) is 5.57 Å². The lowest BCUT2D eigenvalue weighted by Gasteiger charge is -2.43. The lowest BCUT2D eigenvalue weighted by atomic mass is 9.87. The number of aliphatic imine (C=N–C) groups is 1. The number of nitrogens with zero attached hydrogens (tertiary/aromatic N) is 3. The minimum absolute atomic E-state index is 0.0120. The molecular formula is C25H33N3O. The van der Waals surface area contributed by atoms with Crippen molar-refractivity contribution in [1.82, 2.24) is 0 Å². The number of anilines is 2. The largest absolute Gasteiger partial charge is 0.496 e. The van der Waals surface area contributed by atoms with Crippen LogP contribution >= 0.6 is 0 Å². The fraction of sp³-hybridized carbons (Fsp3) is 0.400. The second kappa shape index (κ2) is 8.32. The molecule has 4 heteroatoms. The maximum Gasteiger partial charge on any atom is 0.129 e. The predicted molar refractivity (Wildman–Crippen MR) is 126 cm³/mol. The van der Waals surface area contributed by atoms with Crippen molar-refractivity contribution in [3.63, 3.8) is 0 Å². The van der Waals surface area contributed by atoms with Crippen molar-refractivity contribution in [3.05, 3.63) is 53.6 Å². The topological polar surface area (TPSA) is 28.1 Å². The normalized spacial score (nSPS) is 15.3. The fourth-order valence-corrected chi connectivity index (χ4v) is 4.01. The minimum Gasteiger partial charge on any atom is -0.496 e. The van der Waals surface area contributed by atoms with E-state index in [0.29, 0.717) is 0 Å². The summed E-state index contributed by atoms with van der Waals surface area (Å²) in [7, 11) is 5.80. The number of hydrogen-bond donors (Lipinski definition) is 0. The first kappa shape index (κ1) is 21.0. The van der Waals surface area contributed by atoms with Crippen LogP contribution in [0.5, 0.6) is 5.75 Å². The highest BCUT2D eigenvalue weighted by atomic mass is 16.5. The lowest BCUT2D eigenvalue weighted by molar-refractivity contribution is 0.413. The molecule has 29 heavy (non-hydrogen) atoms. The van der Waals surface area contributed by atoms with Crippen molar-refractivity contribution in [3.8, 4) is 5.75 Å². The van der Waals surface area contributed by atoms with E-state index in [1.54, 1.807) is 7.11 Å². The first-order valence-corrected chi connectivity index (χ1v) is 10.3. The third-order valence-electron chi connectivity index (χ3n) is 5.50. The van der Waals surface area contributed by atoms with E-state index in [-0.39, 0.29) is 5.54 Å². The molecule has 0 fully saturated rings. The summed E-state index contributed by atoms with van der Waals surface area (Å²) in [5.74, 6) is 0.851. The van der Waals surface area contributed by atoms with E-state index in [9.17, 15) is 0 Å². The van der Waals surface area contributed by atoms with Gasteiger partial charge in [0.25, 0.3) is 0 Å². The van der Waals surface area contributed by atoms with Crippen LogP contribution in [0.3, 0.4) is 0 Å². The molecule has 0 bridgehead atoms. The number of hydrogen-bond acceptors (Lipinski definition) is 4. The van der Waals surface area contributed by atoms with E-state index >= 15 is 0 Å². The molecule has 0 aliphatic carbocycles. The highest BCUT2D eigenvalue weighted by Gasteiger charge is 2.31. The molecule has 3 rings (SSSR count). The van der Waals surface area contributed by atoms with Gasteiger partial charge in [-0.1, -0.05) is 13.0 Å². The number of rotatable bonds is 6. The van der Waals surface area contributed by atoms with Gasteiger partial charge in [0.2, 0.25) is 0 Å². The number of methoxy groups -OCH3 is 1. The van der Waals surface area contributed by atoms with Crippen LogP contribution in [-0.4, -0.2) is 39.5 Å². The second-order valence-electron chi connectivity index (χ2n) is 8.41. The van der Waals surface area contributed by atoms with Crippen LogP contribution < -0.4 is 14.5 Å². The third-order valence-corrected chi connectivity index (χ3v) is 5.50. The summed E-state index contributed by atoms with van der Waals surface area (Å²) in [5, 5.41) is 0. The van der Waals surface area contributed by atoms with Crippen molar-refractivity contribution in [1.29, 1.82) is 0 Å². The Hall–Kier alpha value is -2.75. The monoisotopic (exact) mass is 391 g/mol. The van der Waals surface area contributed by atoms with E-state index in [0.717, 1.165) is 35.7 Å². The van der Waals surface area contributed by atoms with Crippen molar-refractivity contribution in [2.24, 2.45) is 4.99 Å². The smallest absolute Gasteiger partial charge is 0.129 e. The van der Waals surface area contributed by atoms with Gasteiger partial charge >= 0.3 is 0 Å². The van der Waals surface area contributed by atoms with Crippen LogP contribution in [0.15, 0.2) is 47.5 Å². The first-order valence-electron chi connectivity index (χ1n) is 10.3. The van der Waals surface area contributed by atoms with Crippen LogP contribution in [0.2, 0.25) is 0 Å². The van der Waals surface area contributed by atoms with Crippen LogP contribution in [0.4, 0.5) is 17.1 Å². The summed E-state index contributed by atoms with van der Waals surface area (Å²) >= 11 is 0. The maximum absolute atomic E-state index is 5.74. The molecule has 0 saturated heterocycles. The Bertz CT molecular complexity index is 924. The summed E-state index contributed by atoms with van der Waals surface area (Å²) in [6, 6.07) is 12.6. The highest BCUT2D eigenvalue weighted by Crippen LogP contribution is 2.42. The molecule has 1 heterocycles. The molecule has 0 radical (unpaired) electrons. The summed E-state index contributed by atoms with van der Waals surface area (Å²) in [5.41, 5.74) is 6.86. The highest BCUT2D eigenvalue weighted by molar-refractivity contribution is 5.92. The van der Waals surface area contributed by atoms with Gasteiger partial charge in [0.15, 0.2) is 0 Å². The van der Waals surface area contributed by atoms with E-state index in [4.69, 9.17) is 4.74 Å². The van der Waals surface area contributed by atoms with Gasteiger partial charge in [-0.3, -0.25) is 4.99 Å². The van der Waals surface area contributed by atoms with Crippen molar-refractivity contribution in [2.45, 2.75) is 39.7 Å². The molecule has 1 aliphatic heterocycles. The average Bonchev–Trinajstić information content (AvgIpc) is 2.69. The van der Waals surface area contributed by atoms with Crippen molar-refractivity contribution < 1.29 is 4.74 Å². The fourth-order valence-electron chi connectivity index (χ4n) is 4.01. The van der Waals surface area contributed by atoms with Gasteiger partial charge in [-0.25, -0.2) is 0 Å². The molecule has 2 aromatic carbocycles. The number of benzene rings is 2. The molecule has 0 N–H and O–H groups in total. The van der Waals surface area contributed by atoms with Gasteiger partial charge < -0.3 is 14.5 Å². The molecule has 0 amide bonds. The number of fused-ring (bicyclic) bond motifs is 1. The molecule has 0 saturated carbocycles. The maximum atomic E-state index is 5.74. The van der Waals surface area contributed by atoms with Gasteiger partial charge in [0.1, 0.15) is 5.75 Å². The number of allylic oxidation sites excluding steroid dienone is 1. The Kier molecular flexibility index (Phi) is 6.02. The SMILES string of the molecule is CCCN1c2cc(OC)c(C=Nc3ccc(N(C)C)cc3)cc2C(C)=CC1(C)C. The molecule has 4 nitrogen and oxygen atoms in total. The first-order chi connectivity index (χ1) is 13.8. The zero-order chi connectivity index (χ0) is 21.2. The molecule has 2 aromatic rings. The van der Waals surface area contributed by atoms with Gasteiger partial charge in [-0.05, 0) is 63.1 Å². The zero-order valence-electron chi connectivity index (χ0n) is 18.8. The Morgan fingerprint density at radius 3 is 2.41 bits per heavy atom. The molecule has 0 aromatic heterocycles. The van der Waals surface area contributed by atoms with Crippen molar-refractivity contribution in [2.75, 3.05) is 37.5 Å². The molecule has 0 spiro atoms. The summed E-state index contributed by atoms with van der Waals surface area (Å²) in [4.78, 5) is 9.24. The Morgan fingerprint density at radius 1 is 1.14 bits per heavy atom. The third kappa shape index (κ3) is 4.31. The zero-order valence-corrected chi connectivity index (χ0v) is 18.8. The van der Waals surface area contributed by atoms with Gasteiger partial charge in [0.05, 0.1) is 18.3 Å². The van der Waals surface area contributed by atoms with E-state index in [1.165, 1.54) is 16.8 Å². The quantitative estimate of drug-likeness (QED) is 0.572. The van der Waals surface area contributed by atoms with E-state index in [1.807, 2.05) is 32.4 Å². The summed E-state index contributed by atoms with van der Waals surface area (Å²) < 4.78 is 5.74. The van der Waals surface area contributed by atoms with E-state index < -0.39 is 0 Å². The van der Waals surface area contributed by atoms with Crippen LogP contribution in [-0.2, 0) is 0 Å². The molecule has 1 aliphatic rings. The molecule has 0 unspecified atom stereocenters.